The number of halogens is 3. The molecule has 1 aliphatic carbocycles. The number of carbonyl (C=O) groups is 3. The van der Waals surface area contributed by atoms with Gasteiger partial charge in [-0.15, -0.1) is 0 Å². The fourth-order valence-corrected chi connectivity index (χ4v) is 5.00. The van der Waals surface area contributed by atoms with E-state index in [0.717, 1.165) is 11.8 Å². The second kappa shape index (κ2) is 8.95. The van der Waals surface area contributed by atoms with Crippen LogP contribution >= 0.6 is 11.8 Å². The molecule has 0 bridgehead atoms. The maximum absolute atomic E-state index is 14.9. The van der Waals surface area contributed by atoms with Gasteiger partial charge in [0.1, 0.15) is 23.6 Å². The van der Waals surface area contributed by atoms with Crippen molar-refractivity contribution in [3.8, 4) is 0 Å². The first kappa shape index (κ1) is 23.3. The smallest absolute Gasteiger partial charge is 0.248 e. The van der Waals surface area contributed by atoms with Crippen LogP contribution in [0.25, 0.3) is 11.0 Å². The van der Waals surface area contributed by atoms with E-state index in [2.05, 4.69) is 30.6 Å². The molecular weight excluding hydrogens is 485 g/mol. The Labute approximate surface area is 200 Å². The van der Waals surface area contributed by atoms with Crippen molar-refractivity contribution >= 4 is 51.1 Å². The topological polar surface area (TPSA) is 130 Å². The molecule has 1 saturated carbocycles. The minimum atomic E-state index is -2.68. The van der Waals surface area contributed by atoms with Crippen LogP contribution in [-0.2, 0) is 9.59 Å². The molecule has 3 N–H and O–H groups in total. The van der Waals surface area contributed by atoms with Gasteiger partial charge < -0.3 is 15.6 Å². The Morgan fingerprint density at radius 2 is 1.89 bits per heavy atom. The Morgan fingerprint density at radius 3 is 2.57 bits per heavy atom. The Morgan fingerprint density at radius 1 is 1.11 bits per heavy atom. The van der Waals surface area contributed by atoms with Crippen LogP contribution in [0.2, 0.25) is 0 Å². The highest BCUT2D eigenvalue weighted by atomic mass is 32.2. The maximum atomic E-state index is 14.9. The summed E-state index contributed by atoms with van der Waals surface area (Å²) in [4.78, 5) is 52.0. The van der Waals surface area contributed by atoms with E-state index in [1.807, 2.05) is 0 Å². The van der Waals surface area contributed by atoms with E-state index in [1.165, 1.54) is 24.7 Å². The number of fused-ring (bicyclic) bond motifs is 1. The van der Waals surface area contributed by atoms with Gasteiger partial charge in [0.15, 0.2) is 17.6 Å². The second-order valence-corrected chi connectivity index (χ2v) is 9.42. The third-order valence-corrected chi connectivity index (χ3v) is 7.02. The first-order valence-electron chi connectivity index (χ1n) is 10.9. The van der Waals surface area contributed by atoms with Crippen LogP contribution in [0.4, 0.5) is 24.8 Å². The van der Waals surface area contributed by atoms with Crippen LogP contribution in [-0.4, -0.2) is 60.4 Å². The fourth-order valence-electron chi connectivity index (χ4n) is 4.19. The molecule has 0 radical (unpaired) electrons. The Bertz CT molecular complexity index is 1320. The maximum Gasteiger partial charge on any atom is 0.248 e. The molecule has 2 aliphatic rings. The molecule has 5 rings (SSSR count). The summed E-state index contributed by atoms with van der Waals surface area (Å²) in [6.07, 6.45) is 2.50. The zero-order chi connectivity index (χ0) is 24.7. The summed E-state index contributed by atoms with van der Waals surface area (Å²) < 4.78 is 41.6. The van der Waals surface area contributed by atoms with Crippen LogP contribution in [0.3, 0.4) is 0 Å². The molecule has 0 amide bonds. The number of H-pyrrole nitrogens is 1. The predicted octanol–water partition coefficient (Wildman–Crippen LogP) is 3.34. The van der Waals surface area contributed by atoms with Gasteiger partial charge in [-0.2, -0.15) is 4.39 Å². The molecule has 1 unspecified atom stereocenters. The molecule has 0 aromatic carbocycles. The highest BCUT2D eigenvalue weighted by Gasteiger charge is 2.36. The van der Waals surface area contributed by atoms with Crippen molar-refractivity contribution in [1.29, 1.82) is 0 Å². The molecule has 1 saturated heterocycles. The van der Waals surface area contributed by atoms with Crippen molar-refractivity contribution in [3.63, 3.8) is 0 Å². The van der Waals surface area contributed by atoms with Crippen LogP contribution in [0.1, 0.15) is 41.6 Å². The van der Waals surface area contributed by atoms with E-state index in [9.17, 15) is 27.6 Å². The molecule has 4 heterocycles. The number of pyridine rings is 1. The molecule has 2 fully saturated rings. The SMILES string of the molecule is O=C(c1ccc(NC2CCC(F)(F)CC2)nc1F)c1c[nH]c2ncnc(NC3C(=O)CSC3=O)c12. The number of nitrogens with one attached hydrogen (secondary N) is 3. The van der Waals surface area contributed by atoms with E-state index in [1.54, 1.807) is 0 Å². The van der Waals surface area contributed by atoms with Crippen LogP contribution in [0, 0.1) is 5.95 Å². The third kappa shape index (κ3) is 4.59. The lowest BCUT2D eigenvalue weighted by Gasteiger charge is -2.29. The zero-order valence-corrected chi connectivity index (χ0v) is 18.9. The summed E-state index contributed by atoms with van der Waals surface area (Å²) >= 11 is 0.893. The van der Waals surface area contributed by atoms with Crippen molar-refractivity contribution in [2.75, 3.05) is 16.4 Å². The van der Waals surface area contributed by atoms with Gasteiger partial charge in [0.25, 0.3) is 0 Å². The summed E-state index contributed by atoms with van der Waals surface area (Å²) in [6, 6.07) is 1.32. The zero-order valence-electron chi connectivity index (χ0n) is 18.1. The number of anilines is 2. The van der Waals surface area contributed by atoms with E-state index < -0.39 is 23.7 Å². The Kier molecular flexibility index (Phi) is 5.95. The number of aromatic amines is 1. The van der Waals surface area contributed by atoms with Gasteiger partial charge in [0, 0.05) is 25.1 Å². The molecule has 1 atom stereocenters. The van der Waals surface area contributed by atoms with Crippen molar-refractivity contribution in [2.24, 2.45) is 0 Å². The third-order valence-electron chi connectivity index (χ3n) is 6.07. The summed E-state index contributed by atoms with van der Waals surface area (Å²) in [5.41, 5.74) is -0.0215. The molecule has 13 heteroatoms. The van der Waals surface area contributed by atoms with Crippen molar-refractivity contribution in [2.45, 2.75) is 43.7 Å². The van der Waals surface area contributed by atoms with Crippen LogP contribution in [0.15, 0.2) is 24.7 Å². The van der Waals surface area contributed by atoms with Crippen molar-refractivity contribution in [1.82, 2.24) is 19.9 Å². The minimum Gasteiger partial charge on any atom is -0.367 e. The Hall–Kier alpha value is -3.48. The molecule has 182 valence electrons. The monoisotopic (exact) mass is 504 g/mol. The second-order valence-electron chi connectivity index (χ2n) is 8.44. The van der Waals surface area contributed by atoms with Gasteiger partial charge in [-0.3, -0.25) is 14.4 Å². The van der Waals surface area contributed by atoms with Crippen molar-refractivity contribution in [3.05, 3.63) is 41.7 Å². The molecule has 3 aromatic rings. The van der Waals surface area contributed by atoms with E-state index >= 15 is 0 Å². The predicted molar refractivity (Wildman–Crippen MR) is 122 cm³/mol. The number of alkyl halides is 2. The minimum absolute atomic E-state index is 0.0320. The largest absolute Gasteiger partial charge is 0.367 e. The molecule has 0 spiro atoms. The summed E-state index contributed by atoms with van der Waals surface area (Å²) in [5.74, 6) is -4.44. The number of hydrogen-bond donors (Lipinski definition) is 3. The normalized spacial score (nSPS) is 20.4. The number of nitrogens with zero attached hydrogens (tertiary/aromatic N) is 3. The quantitative estimate of drug-likeness (QED) is 0.263. The van der Waals surface area contributed by atoms with Gasteiger partial charge in [0.2, 0.25) is 17.0 Å². The first-order valence-corrected chi connectivity index (χ1v) is 11.8. The standard InChI is InChI=1S/C22H19F3N6O3S/c23-18-11(1-2-14(30-18)29-10-3-5-22(24,25)6-4-10)17(33)12-7-26-19-15(12)20(28-9-27-19)31-16-13(32)8-35-21(16)34/h1-2,7,9-10,16H,3-6,8H2,(H,29,30)(H2,26,27,28,31). The number of hydrogen-bond acceptors (Lipinski definition) is 9. The summed E-state index contributed by atoms with van der Waals surface area (Å²) in [7, 11) is 0. The lowest BCUT2D eigenvalue weighted by Crippen LogP contribution is -2.32. The fraction of sp³-hybridized carbons (Fsp3) is 0.364. The number of thioether (sulfide) groups is 1. The van der Waals surface area contributed by atoms with Crippen molar-refractivity contribution < 1.29 is 27.6 Å². The molecule has 3 aromatic heterocycles. The summed E-state index contributed by atoms with van der Waals surface area (Å²) in [5, 5.41) is 5.58. The number of ketones is 2. The number of carbonyl (C=O) groups excluding carboxylic acids is 3. The molecule has 1 aliphatic heterocycles. The first-order chi connectivity index (χ1) is 16.7. The molecule has 35 heavy (non-hydrogen) atoms. The highest BCUT2D eigenvalue weighted by Crippen LogP contribution is 2.34. The lowest BCUT2D eigenvalue weighted by molar-refractivity contribution is -0.121. The van der Waals surface area contributed by atoms with Crippen LogP contribution in [0.5, 0.6) is 0 Å². The van der Waals surface area contributed by atoms with Gasteiger partial charge in [-0.25, -0.2) is 23.7 Å². The van der Waals surface area contributed by atoms with E-state index in [4.69, 9.17) is 0 Å². The number of Topliss-reactive ketones (excluding diaryl/α,β-unsaturated/α-hetero) is 1. The average Bonchev–Trinajstić information content (AvgIpc) is 3.39. The van der Waals surface area contributed by atoms with Crippen LogP contribution < -0.4 is 10.6 Å². The average molecular weight is 504 g/mol. The Balaban J connectivity index is 1.39. The number of aromatic nitrogens is 4. The highest BCUT2D eigenvalue weighted by molar-refractivity contribution is 8.15. The van der Waals surface area contributed by atoms with E-state index in [0.29, 0.717) is 0 Å². The van der Waals surface area contributed by atoms with E-state index in [-0.39, 0.29) is 82.2 Å². The van der Waals surface area contributed by atoms with Gasteiger partial charge in [-0.1, -0.05) is 11.8 Å². The molecule has 9 nitrogen and oxygen atoms in total. The lowest BCUT2D eigenvalue weighted by atomic mass is 9.92. The van der Waals surface area contributed by atoms with Gasteiger partial charge in [-0.05, 0) is 25.0 Å². The van der Waals surface area contributed by atoms with Gasteiger partial charge >= 0.3 is 0 Å². The molecular formula is C22H19F3N6O3S. The number of rotatable bonds is 6. The summed E-state index contributed by atoms with van der Waals surface area (Å²) in [6.45, 7) is 0. The van der Waals surface area contributed by atoms with Gasteiger partial charge in [0.05, 0.1) is 22.3 Å².